The highest BCUT2D eigenvalue weighted by Gasteiger charge is 2.46. The Labute approximate surface area is 212 Å². The minimum atomic E-state index is -0.594. The van der Waals surface area contributed by atoms with E-state index in [4.69, 9.17) is 4.74 Å². The van der Waals surface area contributed by atoms with E-state index in [1.165, 1.54) is 0 Å². The quantitative estimate of drug-likeness (QED) is 0.588. The Bertz CT molecular complexity index is 1110. The number of H-pyrrole nitrogens is 1. The molecule has 11 nitrogen and oxygen atoms in total. The molecule has 196 valence electrons. The molecule has 2 atom stereocenters. The van der Waals surface area contributed by atoms with E-state index in [0.29, 0.717) is 24.7 Å². The first-order chi connectivity index (χ1) is 17.0. The fourth-order valence-corrected chi connectivity index (χ4v) is 5.27. The minimum absolute atomic E-state index is 0.000168. The van der Waals surface area contributed by atoms with Gasteiger partial charge in [0.15, 0.2) is 5.82 Å². The average Bonchev–Trinajstić information content (AvgIpc) is 3.32. The first-order valence-corrected chi connectivity index (χ1v) is 12.6. The lowest BCUT2D eigenvalue weighted by Gasteiger charge is -2.46. The summed E-state index contributed by atoms with van der Waals surface area (Å²) >= 11 is 0. The van der Waals surface area contributed by atoms with E-state index < -0.39 is 5.54 Å². The fraction of sp³-hybridized carbons (Fsp3) is 0.640. The van der Waals surface area contributed by atoms with Crippen molar-refractivity contribution in [3.05, 3.63) is 34.5 Å². The molecule has 0 spiro atoms. The summed E-state index contributed by atoms with van der Waals surface area (Å²) in [4.78, 5) is 41.4. The van der Waals surface area contributed by atoms with Crippen molar-refractivity contribution in [2.75, 3.05) is 38.7 Å². The maximum atomic E-state index is 13.8. The van der Waals surface area contributed by atoms with E-state index in [2.05, 4.69) is 44.2 Å². The smallest absolute Gasteiger partial charge is 0.321 e. The molecule has 2 aliphatic rings. The third-order valence-electron chi connectivity index (χ3n) is 7.29. The molecule has 0 unspecified atom stereocenters. The van der Waals surface area contributed by atoms with E-state index in [0.717, 1.165) is 43.1 Å². The lowest BCUT2D eigenvalue weighted by molar-refractivity contribution is 0.0315. The molecule has 11 heteroatoms. The number of carbonyl (C=O) groups excluding carboxylic acids is 2. The first kappa shape index (κ1) is 26.0. The zero-order valence-corrected chi connectivity index (χ0v) is 22.4. The van der Waals surface area contributed by atoms with Crippen LogP contribution in [0.3, 0.4) is 0 Å². The maximum Gasteiger partial charge on any atom is 0.321 e. The number of piperazine rings is 1. The van der Waals surface area contributed by atoms with E-state index >= 15 is 0 Å². The number of rotatable bonds is 6. The van der Waals surface area contributed by atoms with Gasteiger partial charge in [-0.15, -0.1) is 0 Å². The van der Waals surface area contributed by atoms with Crippen molar-refractivity contribution in [1.29, 1.82) is 0 Å². The number of aryl methyl sites for hydroxylation is 2. The molecule has 36 heavy (non-hydrogen) atoms. The fourth-order valence-electron chi connectivity index (χ4n) is 5.27. The predicted octanol–water partition coefficient (Wildman–Crippen LogP) is 2.67. The number of aromatic nitrogens is 4. The predicted molar refractivity (Wildman–Crippen MR) is 136 cm³/mol. The molecular formula is C25H38N8O3. The van der Waals surface area contributed by atoms with E-state index in [-0.39, 0.29) is 29.7 Å². The number of fused-ring (bicyclic) bond motifs is 1. The third-order valence-corrected chi connectivity index (χ3v) is 7.29. The van der Waals surface area contributed by atoms with Gasteiger partial charge in [-0.3, -0.25) is 14.8 Å². The number of urea groups is 1. The van der Waals surface area contributed by atoms with Crippen LogP contribution in [0.2, 0.25) is 0 Å². The minimum Gasteiger partial charge on any atom is -0.385 e. The number of hydrogen-bond acceptors (Lipinski definition) is 7. The van der Waals surface area contributed by atoms with Gasteiger partial charge in [0.25, 0.3) is 5.91 Å². The molecule has 3 amide bonds. The van der Waals surface area contributed by atoms with Crippen molar-refractivity contribution >= 4 is 17.8 Å². The number of hydrogen-bond donors (Lipinski definition) is 2. The molecule has 0 radical (unpaired) electrons. The second-order valence-corrected chi connectivity index (χ2v) is 10.4. The number of carbonyl (C=O) groups is 2. The Morgan fingerprint density at radius 3 is 2.64 bits per heavy atom. The number of methoxy groups -OCH3 is 1. The monoisotopic (exact) mass is 498 g/mol. The van der Waals surface area contributed by atoms with Crippen molar-refractivity contribution in [1.82, 2.24) is 34.9 Å². The molecule has 2 aliphatic heterocycles. The van der Waals surface area contributed by atoms with Gasteiger partial charge in [-0.2, -0.15) is 5.10 Å². The Hall–Kier alpha value is -3.05. The number of ether oxygens (including phenoxy) is 1. The summed E-state index contributed by atoms with van der Waals surface area (Å²) in [6.45, 7) is 15.4. The van der Waals surface area contributed by atoms with Crippen LogP contribution in [-0.4, -0.2) is 92.2 Å². The maximum absolute atomic E-state index is 13.8. The normalized spacial score (nSPS) is 21.5. The van der Waals surface area contributed by atoms with Crippen LogP contribution < -0.4 is 5.32 Å². The van der Waals surface area contributed by atoms with Gasteiger partial charge in [-0.25, -0.2) is 14.8 Å². The van der Waals surface area contributed by atoms with Crippen molar-refractivity contribution < 1.29 is 14.3 Å². The first-order valence-electron chi connectivity index (χ1n) is 12.6. The number of aromatic amines is 1. The molecule has 0 aromatic carbocycles. The van der Waals surface area contributed by atoms with Crippen LogP contribution in [0.15, 0.2) is 6.07 Å². The van der Waals surface area contributed by atoms with Gasteiger partial charge in [0.2, 0.25) is 0 Å². The third kappa shape index (κ3) is 4.94. The van der Waals surface area contributed by atoms with Crippen molar-refractivity contribution in [3.63, 3.8) is 0 Å². The molecule has 1 saturated heterocycles. The van der Waals surface area contributed by atoms with Crippen LogP contribution in [0.25, 0.3) is 0 Å². The average molecular weight is 499 g/mol. The topological polar surface area (TPSA) is 120 Å². The molecule has 0 aliphatic carbocycles. The van der Waals surface area contributed by atoms with Gasteiger partial charge in [-0.1, -0.05) is 0 Å². The van der Waals surface area contributed by atoms with Crippen molar-refractivity contribution in [2.24, 2.45) is 0 Å². The van der Waals surface area contributed by atoms with Gasteiger partial charge in [0, 0.05) is 56.7 Å². The number of nitrogens with zero attached hydrogens (tertiary/aromatic N) is 6. The van der Waals surface area contributed by atoms with Gasteiger partial charge in [-0.05, 0) is 54.0 Å². The van der Waals surface area contributed by atoms with Crippen LogP contribution in [-0.2, 0) is 16.8 Å². The van der Waals surface area contributed by atoms with Crippen LogP contribution >= 0.6 is 0 Å². The molecule has 2 aromatic heterocycles. The molecular weight excluding hydrogens is 460 g/mol. The molecule has 0 bridgehead atoms. The van der Waals surface area contributed by atoms with E-state index in [1.54, 1.807) is 20.1 Å². The number of amides is 3. The molecule has 2 aromatic rings. The summed E-state index contributed by atoms with van der Waals surface area (Å²) < 4.78 is 5.20. The Morgan fingerprint density at radius 1 is 1.19 bits per heavy atom. The Balaban J connectivity index is 1.48. The SMILES string of the molecule is COCCCN1C[C@H](C)N(C(=O)N2Cc3c(NC(=O)c4cc(C)nc(C)n4)n[nH]c3C2(C)C)C[C@H]1C. The van der Waals surface area contributed by atoms with E-state index in [1.807, 2.05) is 30.6 Å². The van der Waals surface area contributed by atoms with Crippen LogP contribution in [0.1, 0.15) is 67.4 Å². The highest BCUT2D eigenvalue weighted by atomic mass is 16.5. The van der Waals surface area contributed by atoms with Crippen LogP contribution in [0.5, 0.6) is 0 Å². The lowest BCUT2D eigenvalue weighted by atomic mass is 10.0. The number of anilines is 1. The standard InChI is InChI=1S/C25H38N8O3/c1-15-11-20(27-18(4)26-15)23(34)28-22-19-14-33(25(5,6)21(19)29-30-22)24(35)32-13-16(2)31(12-17(32)3)9-8-10-36-7/h11,16-17H,8-10,12-14H2,1-7H3,(H2,28,29,30,34)/t16-,17+/m1/s1. The zero-order chi connectivity index (χ0) is 26.2. The van der Waals surface area contributed by atoms with E-state index in [9.17, 15) is 9.59 Å². The molecule has 4 rings (SSSR count). The van der Waals surface area contributed by atoms with Crippen molar-refractivity contribution in [3.8, 4) is 0 Å². The molecule has 4 heterocycles. The van der Waals surface area contributed by atoms with Crippen LogP contribution in [0, 0.1) is 13.8 Å². The Kier molecular flexibility index (Phi) is 7.33. The highest BCUT2D eigenvalue weighted by molar-refractivity contribution is 6.03. The summed E-state index contributed by atoms with van der Waals surface area (Å²) in [5, 5.41) is 10.3. The number of nitrogens with one attached hydrogen (secondary N) is 2. The van der Waals surface area contributed by atoms with Gasteiger partial charge < -0.3 is 19.9 Å². The Morgan fingerprint density at radius 2 is 1.94 bits per heavy atom. The lowest BCUT2D eigenvalue weighted by Crippen LogP contribution is -2.61. The second kappa shape index (κ2) is 10.1. The summed E-state index contributed by atoms with van der Waals surface area (Å²) in [7, 11) is 1.72. The highest BCUT2D eigenvalue weighted by Crippen LogP contribution is 2.41. The molecule has 0 saturated carbocycles. The second-order valence-electron chi connectivity index (χ2n) is 10.4. The van der Waals surface area contributed by atoms with Crippen molar-refractivity contribution in [2.45, 2.75) is 72.1 Å². The summed E-state index contributed by atoms with van der Waals surface area (Å²) in [5.74, 6) is 0.608. The van der Waals surface area contributed by atoms with Gasteiger partial charge in [0.1, 0.15) is 11.5 Å². The summed E-state index contributed by atoms with van der Waals surface area (Å²) in [5.41, 5.74) is 2.07. The largest absolute Gasteiger partial charge is 0.385 e. The zero-order valence-electron chi connectivity index (χ0n) is 22.4. The summed E-state index contributed by atoms with van der Waals surface area (Å²) in [6, 6.07) is 2.00. The van der Waals surface area contributed by atoms with Gasteiger partial charge in [0.05, 0.1) is 17.8 Å². The molecule has 1 fully saturated rings. The summed E-state index contributed by atoms with van der Waals surface area (Å²) in [6.07, 6.45) is 0.977. The van der Waals surface area contributed by atoms with Crippen LogP contribution in [0.4, 0.5) is 10.6 Å². The van der Waals surface area contributed by atoms with Gasteiger partial charge >= 0.3 is 6.03 Å². The molecule has 2 N–H and O–H groups in total.